The van der Waals surface area contributed by atoms with Crippen LogP contribution in [0.3, 0.4) is 0 Å². The third kappa shape index (κ3) is 5.17. The highest BCUT2D eigenvalue weighted by Crippen LogP contribution is 2.23. The molecule has 6 heteroatoms. The van der Waals surface area contributed by atoms with Gasteiger partial charge in [-0.05, 0) is 55.5 Å². The van der Waals surface area contributed by atoms with Crippen molar-refractivity contribution in [2.45, 2.75) is 32.4 Å². The Morgan fingerprint density at radius 1 is 1.11 bits per heavy atom. The van der Waals surface area contributed by atoms with Crippen molar-refractivity contribution >= 4 is 21.6 Å². The highest BCUT2D eigenvalue weighted by molar-refractivity contribution is 7.88. The summed E-state index contributed by atoms with van der Waals surface area (Å²) in [5.74, 6) is -0.469. The second-order valence-corrected chi connectivity index (χ2v) is 9.27. The van der Waals surface area contributed by atoms with Gasteiger partial charge in [-0.2, -0.15) is 0 Å². The Morgan fingerprint density at radius 2 is 1.78 bits per heavy atom. The summed E-state index contributed by atoms with van der Waals surface area (Å²) >= 11 is 0. The molecule has 0 saturated carbocycles. The van der Waals surface area contributed by atoms with Crippen LogP contribution in [0.2, 0.25) is 0 Å². The predicted molar refractivity (Wildman–Crippen MR) is 108 cm³/mol. The molecule has 2 aromatic carbocycles. The Labute approximate surface area is 161 Å². The van der Waals surface area contributed by atoms with Gasteiger partial charge in [0.25, 0.3) is 0 Å². The van der Waals surface area contributed by atoms with Crippen molar-refractivity contribution < 1.29 is 13.2 Å². The van der Waals surface area contributed by atoms with Crippen LogP contribution in [0.25, 0.3) is 0 Å². The molecule has 0 bridgehead atoms. The fourth-order valence-electron chi connectivity index (χ4n) is 3.58. The van der Waals surface area contributed by atoms with Crippen LogP contribution < -0.4 is 5.32 Å². The van der Waals surface area contributed by atoms with Gasteiger partial charge in [0.1, 0.15) is 0 Å². The molecule has 1 fully saturated rings. The SMILES string of the molecule is Cc1cc(C)cc(NC(=O)[C@@H]2CCCN(S(=O)(=O)Cc3ccccc3)C2)c1. The van der Waals surface area contributed by atoms with E-state index in [1.807, 2.05) is 62.4 Å². The highest BCUT2D eigenvalue weighted by atomic mass is 32.2. The molecular formula is C21H26N2O3S. The lowest BCUT2D eigenvalue weighted by Gasteiger charge is -2.31. The van der Waals surface area contributed by atoms with Crippen LogP contribution in [-0.4, -0.2) is 31.7 Å². The molecule has 0 radical (unpaired) electrons. The number of anilines is 1. The van der Waals surface area contributed by atoms with Crippen molar-refractivity contribution in [1.29, 1.82) is 0 Å². The molecule has 1 N–H and O–H groups in total. The Bertz CT molecular complexity index is 890. The number of carbonyl (C=O) groups excluding carboxylic acids is 1. The van der Waals surface area contributed by atoms with Crippen molar-refractivity contribution in [3.05, 3.63) is 65.2 Å². The number of rotatable bonds is 5. The van der Waals surface area contributed by atoms with E-state index in [9.17, 15) is 13.2 Å². The Hall–Kier alpha value is -2.18. The molecule has 144 valence electrons. The van der Waals surface area contributed by atoms with Crippen LogP contribution in [0.1, 0.15) is 29.5 Å². The normalized spacial score (nSPS) is 18.2. The predicted octanol–water partition coefficient (Wildman–Crippen LogP) is 3.48. The first-order valence-electron chi connectivity index (χ1n) is 9.24. The third-order valence-corrected chi connectivity index (χ3v) is 6.65. The van der Waals surface area contributed by atoms with Crippen LogP contribution in [0.15, 0.2) is 48.5 Å². The summed E-state index contributed by atoms with van der Waals surface area (Å²) in [6.07, 6.45) is 1.40. The van der Waals surface area contributed by atoms with E-state index in [2.05, 4.69) is 5.32 Å². The first kappa shape index (κ1) is 19.6. The topological polar surface area (TPSA) is 66.5 Å². The van der Waals surface area contributed by atoms with Crippen LogP contribution in [0.5, 0.6) is 0 Å². The lowest BCUT2D eigenvalue weighted by atomic mass is 9.98. The zero-order valence-electron chi connectivity index (χ0n) is 15.8. The maximum absolute atomic E-state index is 12.8. The van der Waals surface area contributed by atoms with E-state index in [1.54, 1.807) is 0 Å². The zero-order valence-corrected chi connectivity index (χ0v) is 16.6. The number of amides is 1. The lowest BCUT2D eigenvalue weighted by molar-refractivity contribution is -0.120. The van der Waals surface area contributed by atoms with Gasteiger partial charge in [-0.25, -0.2) is 12.7 Å². The average Bonchev–Trinajstić information content (AvgIpc) is 2.61. The number of piperidine rings is 1. The van der Waals surface area contributed by atoms with Crippen molar-refractivity contribution in [3.8, 4) is 0 Å². The first-order valence-corrected chi connectivity index (χ1v) is 10.9. The van der Waals surface area contributed by atoms with Crippen LogP contribution in [-0.2, 0) is 20.6 Å². The van der Waals surface area contributed by atoms with Gasteiger partial charge in [-0.1, -0.05) is 36.4 Å². The van der Waals surface area contributed by atoms with Gasteiger partial charge in [-0.3, -0.25) is 4.79 Å². The molecule has 1 saturated heterocycles. The van der Waals surface area contributed by atoms with E-state index in [4.69, 9.17) is 0 Å². The molecule has 0 aliphatic carbocycles. The van der Waals surface area contributed by atoms with Gasteiger partial charge in [0, 0.05) is 18.8 Å². The number of carbonyl (C=O) groups is 1. The quantitative estimate of drug-likeness (QED) is 0.855. The maximum atomic E-state index is 12.8. The lowest BCUT2D eigenvalue weighted by Crippen LogP contribution is -2.44. The largest absolute Gasteiger partial charge is 0.326 e. The zero-order chi connectivity index (χ0) is 19.4. The van der Waals surface area contributed by atoms with Crippen molar-refractivity contribution in [1.82, 2.24) is 4.31 Å². The molecule has 3 rings (SSSR count). The Balaban J connectivity index is 1.67. The summed E-state index contributed by atoms with van der Waals surface area (Å²) in [5, 5.41) is 2.95. The van der Waals surface area contributed by atoms with Gasteiger partial charge < -0.3 is 5.32 Å². The number of sulfonamides is 1. The van der Waals surface area contributed by atoms with E-state index in [0.29, 0.717) is 19.4 Å². The molecule has 1 amide bonds. The van der Waals surface area contributed by atoms with E-state index < -0.39 is 10.0 Å². The monoisotopic (exact) mass is 386 g/mol. The molecule has 1 aliphatic rings. The fourth-order valence-corrected chi connectivity index (χ4v) is 5.19. The van der Waals surface area contributed by atoms with Crippen molar-refractivity contribution in [3.63, 3.8) is 0 Å². The average molecular weight is 387 g/mol. The molecule has 2 aromatic rings. The number of benzene rings is 2. The van der Waals surface area contributed by atoms with E-state index >= 15 is 0 Å². The number of aryl methyl sites for hydroxylation is 2. The summed E-state index contributed by atoms with van der Waals surface area (Å²) in [6.45, 7) is 4.69. The molecule has 0 unspecified atom stereocenters. The number of hydrogen-bond acceptors (Lipinski definition) is 3. The molecule has 0 aromatic heterocycles. The number of hydrogen-bond donors (Lipinski definition) is 1. The van der Waals surface area contributed by atoms with E-state index in [0.717, 1.165) is 22.4 Å². The minimum atomic E-state index is -3.44. The van der Waals surface area contributed by atoms with Gasteiger partial charge in [0.05, 0.1) is 11.7 Å². The van der Waals surface area contributed by atoms with Crippen molar-refractivity contribution in [2.75, 3.05) is 18.4 Å². The molecule has 5 nitrogen and oxygen atoms in total. The van der Waals surface area contributed by atoms with Gasteiger partial charge >= 0.3 is 0 Å². The second-order valence-electron chi connectivity index (χ2n) is 7.30. The van der Waals surface area contributed by atoms with Gasteiger partial charge in [-0.15, -0.1) is 0 Å². The van der Waals surface area contributed by atoms with Crippen LogP contribution >= 0.6 is 0 Å². The number of nitrogens with zero attached hydrogens (tertiary/aromatic N) is 1. The second kappa shape index (κ2) is 8.23. The maximum Gasteiger partial charge on any atom is 0.228 e. The van der Waals surface area contributed by atoms with Gasteiger partial charge in [0.2, 0.25) is 15.9 Å². The minimum Gasteiger partial charge on any atom is -0.326 e. The first-order chi connectivity index (χ1) is 12.8. The van der Waals surface area contributed by atoms with Crippen LogP contribution in [0.4, 0.5) is 5.69 Å². The standard InChI is InChI=1S/C21H26N2O3S/c1-16-11-17(2)13-20(12-16)22-21(24)19-9-6-10-23(14-19)27(25,26)15-18-7-4-3-5-8-18/h3-5,7-8,11-13,19H,6,9-10,14-15H2,1-2H3,(H,22,24)/t19-/m1/s1. The molecule has 1 aliphatic heterocycles. The van der Waals surface area contributed by atoms with Crippen molar-refractivity contribution in [2.24, 2.45) is 5.92 Å². The summed E-state index contributed by atoms with van der Waals surface area (Å²) in [7, 11) is -3.44. The Kier molecular flexibility index (Phi) is 5.97. The molecule has 1 atom stereocenters. The minimum absolute atomic E-state index is 0.0285. The summed E-state index contributed by atoms with van der Waals surface area (Å²) in [5.41, 5.74) is 3.70. The molecular weight excluding hydrogens is 360 g/mol. The van der Waals surface area contributed by atoms with E-state index in [-0.39, 0.29) is 24.1 Å². The molecule has 27 heavy (non-hydrogen) atoms. The summed E-state index contributed by atoms with van der Waals surface area (Å²) in [6, 6.07) is 15.1. The van der Waals surface area contributed by atoms with Gasteiger partial charge in [0.15, 0.2) is 0 Å². The van der Waals surface area contributed by atoms with Crippen LogP contribution in [0, 0.1) is 19.8 Å². The highest BCUT2D eigenvalue weighted by Gasteiger charge is 2.32. The van der Waals surface area contributed by atoms with E-state index in [1.165, 1.54) is 4.31 Å². The molecule has 0 spiro atoms. The summed E-state index contributed by atoms with van der Waals surface area (Å²) < 4.78 is 27.0. The molecule has 1 heterocycles. The Morgan fingerprint density at radius 3 is 2.44 bits per heavy atom. The third-order valence-electron chi connectivity index (χ3n) is 4.83. The smallest absolute Gasteiger partial charge is 0.228 e. The summed E-state index contributed by atoms with van der Waals surface area (Å²) in [4.78, 5) is 12.7. The number of nitrogens with one attached hydrogen (secondary N) is 1. The fraction of sp³-hybridized carbons (Fsp3) is 0.381.